The number of carbonyl (C=O) groups excluding carboxylic acids is 1. The van der Waals surface area contributed by atoms with Crippen molar-refractivity contribution in [3.63, 3.8) is 0 Å². The molecule has 6 atom stereocenters. The lowest BCUT2D eigenvalue weighted by Gasteiger charge is -2.46. The molecule has 0 radical (unpaired) electrons. The highest BCUT2D eigenvalue weighted by atomic mass is 31.2. The average molecular weight is 829 g/mol. The maximum atomic E-state index is 14.0. The van der Waals surface area contributed by atoms with Crippen molar-refractivity contribution in [2.75, 3.05) is 40.6 Å². The van der Waals surface area contributed by atoms with Gasteiger partial charge in [0.2, 0.25) is 12.2 Å². The SMILES string of the molecule is C=CCOP(=O)(OCC=C)O[C@@H]1C(COC)O[C@H](OC(C)=N)[C@H](NC(=O)CCCCCCCCC/C=C\CCCCCC)C1OCCC(CCCCCCC)OC. The molecule has 1 fully saturated rings. The molecule has 1 aliphatic heterocycles. The first kappa shape index (κ1) is 53.1. The van der Waals surface area contributed by atoms with Crippen LogP contribution < -0.4 is 5.32 Å². The molecule has 1 aliphatic rings. The first-order valence-corrected chi connectivity index (χ1v) is 23.4. The van der Waals surface area contributed by atoms with E-state index in [0.29, 0.717) is 12.8 Å². The number of methoxy groups -OCH3 is 2. The van der Waals surface area contributed by atoms with Gasteiger partial charge >= 0.3 is 7.82 Å². The van der Waals surface area contributed by atoms with E-state index in [1.54, 1.807) is 7.11 Å². The van der Waals surface area contributed by atoms with Gasteiger partial charge in [-0.1, -0.05) is 122 Å². The summed E-state index contributed by atoms with van der Waals surface area (Å²) >= 11 is 0. The Morgan fingerprint density at radius 1 is 0.807 bits per heavy atom. The van der Waals surface area contributed by atoms with Crippen LogP contribution in [-0.4, -0.2) is 89.2 Å². The van der Waals surface area contributed by atoms with Crippen molar-refractivity contribution in [2.45, 2.75) is 192 Å². The number of amides is 1. The van der Waals surface area contributed by atoms with E-state index in [9.17, 15) is 9.36 Å². The number of phosphoric ester groups is 1. The van der Waals surface area contributed by atoms with Crippen molar-refractivity contribution >= 4 is 19.6 Å². The first-order valence-electron chi connectivity index (χ1n) is 21.9. The van der Waals surface area contributed by atoms with E-state index in [1.807, 2.05) is 0 Å². The van der Waals surface area contributed by atoms with Gasteiger partial charge in [-0.3, -0.25) is 23.8 Å². The van der Waals surface area contributed by atoms with Gasteiger partial charge in [-0.15, -0.1) is 13.2 Å². The average Bonchev–Trinajstić information content (AvgIpc) is 3.19. The Morgan fingerprint density at radius 2 is 1.37 bits per heavy atom. The number of phosphoric acid groups is 1. The van der Waals surface area contributed by atoms with Gasteiger partial charge in [0.15, 0.2) is 5.90 Å². The first-order chi connectivity index (χ1) is 27.7. The highest BCUT2D eigenvalue weighted by molar-refractivity contribution is 7.48. The number of hydrogen-bond donors (Lipinski definition) is 2. The predicted molar refractivity (Wildman–Crippen MR) is 230 cm³/mol. The Morgan fingerprint density at radius 3 is 1.93 bits per heavy atom. The van der Waals surface area contributed by atoms with E-state index in [-0.39, 0.29) is 44.3 Å². The van der Waals surface area contributed by atoms with Crippen molar-refractivity contribution in [3.05, 3.63) is 37.5 Å². The maximum absolute atomic E-state index is 14.0. The molecule has 0 saturated carbocycles. The fourth-order valence-corrected chi connectivity index (χ4v) is 8.12. The molecule has 1 rings (SSSR count). The summed E-state index contributed by atoms with van der Waals surface area (Å²) in [7, 11) is -1.03. The van der Waals surface area contributed by atoms with E-state index in [0.717, 1.165) is 51.4 Å². The molecule has 12 nitrogen and oxygen atoms in total. The number of hydrogen-bond acceptors (Lipinski definition) is 11. The second-order valence-corrected chi connectivity index (χ2v) is 16.6. The maximum Gasteiger partial charge on any atom is 0.475 e. The minimum atomic E-state index is -4.24. The summed E-state index contributed by atoms with van der Waals surface area (Å²) in [5.41, 5.74) is 0. The Kier molecular flexibility index (Phi) is 32.5. The van der Waals surface area contributed by atoms with Gasteiger partial charge in [0.1, 0.15) is 24.4 Å². The second-order valence-electron chi connectivity index (χ2n) is 15.0. The van der Waals surface area contributed by atoms with Crippen LogP contribution in [-0.2, 0) is 46.6 Å². The van der Waals surface area contributed by atoms with Gasteiger partial charge in [-0.25, -0.2) is 4.57 Å². The molecular formula is C44H81N2O10P. The van der Waals surface area contributed by atoms with Gasteiger partial charge in [-0.2, -0.15) is 0 Å². The molecule has 0 bridgehead atoms. The highest BCUT2D eigenvalue weighted by Crippen LogP contribution is 2.52. The predicted octanol–water partition coefficient (Wildman–Crippen LogP) is 10.9. The van der Waals surface area contributed by atoms with Crippen LogP contribution in [0.2, 0.25) is 0 Å². The third-order valence-electron chi connectivity index (χ3n) is 9.93. The van der Waals surface area contributed by atoms with Gasteiger partial charge < -0.3 is 29.0 Å². The molecule has 332 valence electrons. The van der Waals surface area contributed by atoms with Gasteiger partial charge in [0.05, 0.1) is 25.9 Å². The quantitative estimate of drug-likeness (QED) is 0.0203. The monoisotopic (exact) mass is 829 g/mol. The van der Waals surface area contributed by atoms with Crippen LogP contribution >= 0.6 is 7.82 Å². The summed E-state index contributed by atoms with van der Waals surface area (Å²) in [6.07, 6.45) is 26.1. The van der Waals surface area contributed by atoms with E-state index < -0.39 is 38.5 Å². The number of unbranched alkanes of at least 4 members (excludes halogenated alkanes) is 15. The molecule has 0 spiro atoms. The summed E-state index contributed by atoms with van der Waals surface area (Å²) in [4.78, 5) is 13.6. The Hall–Kier alpha value is -1.89. The lowest BCUT2D eigenvalue weighted by Crippen LogP contribution is -2.66. The Balaban J connectivity index is 3.05. The molecule has 13 heteroatoms. The van der Waals surface area contributed by atoms with Crippen LogP contribution in [0.4, 0.5) is 0 Å². The number of nitrogens with one attached hydrogen (secondary N) is 2. The summed E-state index contributed by atoms with van der Waals surface area (Å²) in [5, 5.41) is 11.2. The van der Waals surface area contributed by atoms with Crippen LogP contribution in [0, 0.1) is 5.41 Å². The highest BCUT2D eigenvalue weighted by Gasteiger charge is 2.52. The molecule has 0 aliphatic carbocycles. The molecule has 1 heterocycles. The van der Waals surface area contributed by atoms with Gasteiger partial charge in [0, 0.05) is 34.2 Å². The van der Waals surface area contributed by atoms with E-state index in [1.165, 1.54) is 96.8 Å². The van der Waals surface area contributed by atoms with Crippen LogP contribution in [0.25, 0.3) is 0 Å². The fraction of sp³-hybridized carbons (Fsp3) is 0.818. The molecule has 0 aromatic heterocycles. The normalized spacial score (nSPS) is 20.4. The van der Waals surface area contributed by atoms with Crippen molar-refractivity contribution in [3.8, 4) is 0 Å². The third kappa shape index (κ3) is 25.4. The second kappa shape index (κ2) is 34.9. The van der Waals surface area contributed by atoms with Crippen molar-refractivity contribution in [1.82, 2.24) is 5.32 Å². The van der Waals surface area contributed by atoms with E-state index >= 15 is 0 Å². The van der Waals surface area contributed by atoms with Crippen LogP contribution in [0.5, 0.6) is 0 Å². The largest absolute Gasteiger partial charge is 0.475 e. The van der Waals surface area contributed by atoms with Crippen LogP contribution in [0.1, 0.15) is 156 Å². The number of ether oxygens (including phenoxy) is 5. The minimum absolute atomic E-state index is 0.000695. The van der Waals surface area contributed by atoms with Crippen molar-refractivity contribution < 1.29 is 46.6 Å². The lowest BCUT2D eigenvalue weighted by molar-refractivity contribution is -0.256. The minimum Gasteiger partial charge on any atom is -0.450 e. The summed E-state index contributed by atoms with van der Waals surface area (Å²) in [6.45, 7) is 13.3. The zero-order valence-corrected chi connectivity index (χ0v) is 37.3. The Labute approximate surface area is 346 Å². The van der Waals surface area contributed by atoms with Crippen molar-refractivity contribution in [2.24, 2.45) is 0 Å². The van der Waals surface area contributed by atoms with E-state index in [4.69, 9.17) is 42.7 Å². The lowest BCUT2D eigenvalue weighted by atomic mass is 9.96. The molecule has 2 N–H and O–H groups in total. The zero-order chi connectivity index (χ0) is 42.0. The van der Waals surface area contributed by atoms with Crippen LogP contribution in [0.15, 0.2) is 37.5 Å². The topological polar surface area (TPSA) is 144 Å². The van der Waals surface area contributed by atoms with Crippen LogP contribution in [0.3, 0.4) is 0 Å². The molecule has 57 heavy (non-hydrogen) atoms. The Bertz CT molecular complexity index is 1110. The van der Waals surface area contributed by atoms with Gasteiger partial charge in [-0.05, 0) is 44.9 Å². The number of carbonyl (C=O) groups is 1. The number of allylic oxidation sites excluding steroid dienone is 2. The number of rotatable bonds is 38. The standard InChI is InChI=1S/C44H81N2O10P/c1-8-12-14-16-17-18-19-20-21-22-23-24-25-27-29-31-40(47)46-41-43(51-35-32-38(50-7)30-28-26-15-13-9-2)42(39(36-49-6)55-44(41)54-37(5)45)56-57(48,52-33-10-3)53-34-11-4/h10-11,18-19,38-39,41-45H,3-4,8-9,12-17,20-36H2,1-2,5-7H3,(H,46,47)/b19-18-,45-37?/t38?,39?,41-,42-,43?,44+/m1/s1. The smallest absolute Gasteiger partial charge is 0.450 e. The summed E-state index contributed by atoms with van der Waals surface area (Å²) in [6, 6.07) is -0.941. The molecule has 1 amide bonds. The molecule has 3 unspecified atom stereocenters. The van der Waals surface area contributed by atoms with Crippen molar-refractivity contribution in [1.29, 1.82) is 5.41 Å². The van der Waals surface area contributed by atoms with E-state index in [2.05, 4.69) is 44.5 Å². The molecule has 1 saturated heterocycles. The molecule has 0 aromatic carbocycles. The summed E-state index contributed by atoms with van der Waals surface area (Å²) in [5.74, 6) is -0.321. The molecule has 0 aromatic rings. The third-order valence-corrected chi connectivity index (χ3v) is 11.4. The summed E-state index contributed by atoms with van der Waals surface area (Å²) < 4.78 is 61.3. The van der Waals surface area contributed by atoms with Gasteiger partial charge in [0.25, 0.3) is 0 Å². The molecular weight excluding hydrogens is 747 g/mol. The zero-order valence-electron chi connectivity index (χ0n) is 36.4. The fourth-order valence-electron chi connectivity index (χ4n) is 6.80.